The van der Waals surface area contributed by atoms with Crippen molar-refractivity contribution in [3.8, 4) is 0 Å². The molecule has 0 aliphatic heterocycles. The maximum atomic E-state index is 5.58. The van der Waals surface area contributed by atoms with Crippen LogP contribution in [0.15, 0.2) is 0 Å². The van der Waals surface area contributed by atoms with E-state index in [2.05, 4.69) is 19.2 Å². The Hall–Kier alpha value is -0.0800. The van der Waals surface area contributed by atoms with Gasteiger partial charge in [-0.1, -0.05) is 19.8 Å². The average molecular weight is 213 g/mol. The van der Waals surface area contributed by atoms with E-state index in [0.717, 1.165) is 31.6 Å². The van der Waals surface area contributed by atoms with E-state index in [1.54, 1.807) is 0 Å². The maximum absolute atomic E-state index is 5.58. The first-order chi connectivity index (χ1) is 7.38. The minimum atomic E-state index is 0.808. The highest BCUT2D eigenvalue weighted by Crippen LogP contribution is 2.29. The molecule has 0 saturated heterocycles. The fourth-order valence-corrected chi connectivity index (χ4v) is 2.51. The minimum Gasteiger partial charge on any atom is -0.381 e. The first-order valence-electron chi connectivity index (χ1n) is 6.66. The van der Waals surface area contributed by atoms with E-state index in [9.17, 15) is 0 Å². The van der Waals surface area contributed by atoms with Gasteiger partial charge in [0.25, 0.3) is 0 Å². The fraction of sp³-hybridized carbons (Fsp3) is 1.00. The molecule has 0 aromatic rings. The second-order valence-electron chi connectivity index (χ2n) is 4.67. The third kappa shape index (κ3) is 4.98. The second-order valence-corrected chi connectivity index (χ2v) is 4.67. The van der Waals surface area contributed by atoms with Crippen LogP contribution in [0.4, 0.5) is 0 Å². The standard InChI is InChI=1S/C13H27NO/c1-3-9-14-10-12-7-5-6-8-13(12)11-15-4-2/h12-14H,3-11H2,1-2H3. The van der Waals surface area contributed by atoms with Gasteiger partial charge in [0, 0.05) is 13.2 Å². The Morgan fingerprint density at radius 2 is 1.87 bits per heavy atom. The van der Waals surface area contributed by atoms with E-state index < -0.39 is 0 Å². The smallest absolute Gasteiger partial charge is 0.0497 e. The normalized spacial score (nSPS) is 26.8. The zero-order valence-corrected chi connectivity index (χ0v) is 10.4. The zero-order valence-electron chi connectivity index (χ0n) is 10.4. The minimum absolute atomic E-state index is 0.808. The van der Waals surface area contributed by atoms with E-state index in [4.69, 9.17) is 4.74 Å². The Balaban J connectivity index is 2.22. The van der Waals surface area contributed by atoms with Gasteiger partial charge in [-0.05, 0) is 51.1 Å². The molecule has 0 heterocycles. The average Bonchev–Trinajstić information content (AvgIpc) is 2.28. The summed E-state index contributed by atoms with van der Waals surface area (Å²) in [5, 5.41) is 3.56. The van der Waals surface area contributed by atoms with Crippen LogP contribution in [0.5, 0.6) is 0 Å². The van der Waals surface area contributed by atoms with Crippen molar-refractivity contribution in [3.05, 3.63) is 0 Å². The van der Waals surface area contributed by atoms with Gasteiger partial charge >= 0.3 is 0 Å². The number of rotatable bonds is 7. The summed E-state index contributed by atoms with van der Waals surface area (Å²) in [5.74, 6) is 1.67. The molecular formula is C13H27NO. The first-order valence-corrected chi connectivity index (χ1v) is 6.66. The topological polar surface area (TPSA) is 21.3 Å². The Morgan fingerprint density at radius 3 is 2.53 bits per heavy atom. The van der Waals surface area contributed by atoms with Crippen molar-refractivity contribution in [1.29, 1.82) is 0 Å². The summed E-state index contributed by atoms with van der Waals surface area (Å²) in [5.41, 5.74) is 0. The molecule has 0 aromatic heterocycles. The van der Waals surface area contributed by atoms with Crippen molar-refractivity contribution in [3.63, 3.8) is 0 Å². The van der Waals surface area contributed by atoms with E-state index in [0.29, 0.717) is 0 Å². The van der Waals surface area contributed by atoms with Crippen LogP contribution in [0, 0.1) is 11.8 Å². The number of nitrogens with one attached hydrogen (secondary N) is 1. The first kappa shape index (κ1) is 13.0. The van der Waals surface area contributed by atoms with Crippen molar-refractivity contribution in [1.82, 2.24) is 5.32 Å². The number of ether oxygens (including phenoxy) is 1. The monoisotopic (exact) mass is 213 g/mol. The molecule has 1 saturated carbocycles. The molecule has 90 valence electrons. The van der Waals surface area contributed by atoms with E-state index in [-0.39, 0.29) is 0 Å². The molecule has 15 heavy (non-hydrogen) atoms. The van der Waals surface area contributed by atoms with E-state index in [1.165, 1.54) is 38.6 Å². The largest absolute Gasteiger partial charge is 0.381 e. The van der Waals surface area contributed by atoms with Gasteiger partial charge in [-0.15, -0.1) is 0 Å². The molecule has 1 rings (SSSR count). The molecule has 2 heteroatoms. The van der Waals surface area contributed by atoms with Gasteiger partial charge in [0.2, 0.25) is 0 Å². The predicted octanol–water partition coefficient (Wildman–Crippen LogP) is 2.83. The molecule has 2 atom stereocenters. The van der Waals surface area contributed by atoms with Crippen LogP contribution in [-0.4, -0.2) is 26.3 Å². The van der Waals surface area contributed by atoms with Crippen molar-refractivity contribution in [2.24, 2.45) is 11.8 Å². The summed E-state index contributed by atoms with van der Waals surface area (Å²) in [6.45, 7) is 8.53. The van der Waals surface area contributed by atoms with Crippen LogP contribution >= 0.6 is 0 Å². The lowest BCUT2D eigenvalue weighted by molar-refractivity contribution is 0.0662. The van der Waals surface area contributed by atoms with Gasteiger partial charge < -0.3 is 10.1 Å². The summed E-state index contributed by atoms with van der Waals surface area (Å²) in [4.78, 5) is 0. The van der Waals surface area contributed by atoms with Gasteiger partial charge in [-0.2, -0.15) is 0 Å². The molecule has 2 nitrogen and oxygen atoms in total. The lowest BCUT2D eigenvalue weighted by Crippen LogP contribution is -2.33. The van der Waals surface area contributed by atoms with Crippen LogP contribution in [0.25, 0.3) is 0 Å². The van der Waals surface area contributed by atoms with Crippen LogP contribution in [0.1, 0.15) is 46.0 Å². The highest BCUT2D eigenvalue weighted by atomic mass is 16.5. The summed E-state index contributed by atoms with van der Waals surface area (Å²) < 4.78 is 5.58. The Morgan fingerprint density at radius 1 is 1.13 bits per heavy atom. The summed E-state index contributed by atoms with van der Waals surface area (Å²) in [6, 6.07) is 0. The van der Waals surface area contributed by atoms with Gasteiger partial charge in [0.15, 0.2) is 0 Å². The van der Waals surface area contributed by atoms with Crippen LogP contribution in [-0.2, 0) is 4.74 Å². The Labute approximate surface area is 94.8 Å². The van der Waals surface area contributed by atoms with E-state index >= 15 is 0 Å². The lowest BCUT2D eigenvalue weighted by atomic mass is 9.79. The van der Waals surface area contributed by atoms with Crippen molar-refractivity contribution in [2.45, 2.75) is 46.0 Å². The summed E-state index contributed by atoms with van der Waals surface area (Å²) in [7, 11) is 0. The molecule has 0 radical (unpaired) electrons. The summed E-state index contributed by atoms with van der Waals surface area (Å²) >= 11 is 0. The molecule has 0 bridgehead atoms. The maximum Gasteiger partial charge on any atom is 0.0497 e. The van der Waals surface area contributed by atoms with Gasteiger partial charge in [-0.3, -0.25) is 0 Å². The van der Waals surface area contributed by atoms with Crippen molar-refractivity contribution in [2.75, 3.05) is 26.3 Å². The molecule has 2 unspecified atom stereocenters. The number of hydrogen-bond donors (Lipinski definition) is 1. The van der Waals surface area contributed by atoms with Crippen molar-refractivity contribution >= 4 is 0 Å². The van der Waals surface area contributed by atoms with E-state index in [1.807, 2.05) is 0 Å². The predicted molar refractivity (Wildman–Crippen MR) is 65.1 cm³/mol. The van der Waals surface area contributed by atoms with Crippen LogP contribution in [0.2, 0.25) is 0 Å². The fourth-order valence-electron chi connectivity index (χ4n) is 2.51. The highest BCUT2D eigenvalue weighted by Gasteiger charge is 2.24. The quantitative estimate of drug-likeness (QED) is 0.657. The number of hydrogen-bond acceptors (Lipinski definition) is 2. The van der Waals surface area contributed by atoms with Crippen LogP contribution in [0.3, 0.4) is 0 Å². The summed E-state index contributed by atoms with van der Waals surface area (Å²) in [6.07, 6.45) is 6.83. The molecular weight excluding hydrogens is 186 g/mol. The SMILES string of the molecule is CCCNCC1CCCCC1COCC. The van der Waals surface area contributed by atoms with Gasteiger partial charge in [0.1, 0.15) is 0 Å². The van der Waals surface area contributed by atoms with Gasteiger partial charge in [-0.25, -0.2) is 0 Å². The molecule has 0 amide bonds. The van der Waals surface area contributed by atoms with Crippen LogP contribution < -0.4 is 5.32 Å². The third-order valence-corrected chi connectivity index (χ3v) is 3.44. The lowest BCUT2D eigenvalue weighted by Gasteiger charge is -2.31. The Bertz CT molecular complexity index is 149. The third-order valence-electron chi connectivity index (χ3n) is 3.44. The molecule has 1 N–H and O–H groups in total. The second kappa shape index (κ2) is 8.12. The molecule has 1 aliphatic carbocycles. The molecule has 0 spiro atoms. The highest BCUT2D eigenvalue weighted by molar-refractivity contribution is 4.76. The Kier molecular flexibility index (Phi) is 7.03. The zero-order chi connectivity index (χ0) is 10.9. The molecule has 1 fully saturated rings. The van der Waals surface area contributed by atoms with Gasteiger partial charge in [0.05, 0.1) is 0 Å². The van der Waals surface area contributed by atoms with Crippen molar-refractivity contribution < 1.29 is 4.74 Å². The molecule has 0 aromatic carbocycles. The molecule has 1 aliphatic rings.